The molecule has 5 aromatic rings. The van der Waals surface area contributed by atoms with Gasteiger partial charge in [0.15, 0.2) is 6.61 Å². The van der Waals surface area contributed by atoms with Crippen LogP contribution in [0.4, 0.5) is 8.78 Å². The number of likely N-dealkylation sites (tertiary alicyclic amines) is 1. The highest BCUT2D eigenvalue weighted by Crippen LogP contribution is 2.59. The van der Waals surface area contributed by atoms with Crippen LogP contribution in [0.5, 0.6) is 5.75 Å². The van der Waals surface area contributed by atoms with Gasteiger partial charge < -0.3 is 35.0 Å². The van der Waals surface area contributed by atoms with Gasteiger partial charge in [0.1, 0.15) is 23.9 Å². The number of carbonyl (C=O) groups excluding carboxylic acids is 8. The van der Waals surface area contributed by atoms with Crippen LogP contribution in [0.3, 0.4) is 0 Å². The molecule has 0 spiro atoms. The van der Waals surface area contributed by atoms with E-state index in [2.05, 4.69) is 27.8 Å². The first kappa shape index (κ1) is 54.2. The number of amides is 8. The topological polar surface area (TPSA) is 249 Å². The summed E-state index contributed by atoms with van der Waals surface area (Å²) >= 11 is 0.940. The van der Waals surface area contributed by atoms with Crippen LogP contribution >= 0.6 is 18.9 Å². The first-order chi connectivity index (χ1) is 36.5. The van der Waals surface area contributed by atoms with Crippen molar-refractivity contribution in [3.05, 3.63) is 135 Å². The second kappa shape index (κ2) is 21.4. The van der Waals surface area contributed by atoms with Crippen LogP contribution in [0.15, 0.2) is 91.0 Å². The average Bonchev–Trinajstić information content (AvgIpc) is 4.03. The summed E-state index contributed by atoms with van der Waals surface area (Å²) in [7, 11) is -5.87. The quantitative estimate of drug-likeness (QED) is 0.0584. The van der Waals surface area contributed by atoms with Gasteiger partial charge in [-0.15, -0.1) is 11.3 Å². The molecule has 4 aliphatic rings. The molecule has 0 aliphatic carbocycles. The minimum atomic E-state index is -5.87. The molecule has 1 aromatic heterocycles. The van der Waals surface area contributed by atoms with Crippen LogP contribution in [0.25, 0.3) is 10.1 Å². The summed E-state index contributed by atoms with van der Waals surface area (Å²) < 4.78 is 47.2. The third-order valence-corrected chi connectivity index (χ3v) is 16.3. The summed E-state index contributed by atoms with van der Waals surface area (Å²) in [6, 6.07) is 20.5. The van der Waals surface area contributed by atoms with Crippen molar-refractivity contribution in [3.63, 3.8) is 0 Å². The van der Waals surface area contributed by atoms with Gasteiger partial charge in [0.05, 0.1) is 22.5 Å². The zero-order chi connectivity index (χ0) is 55.1. The van der Waals surface area contributed by atoms with E-state index in [0.717, 1.165) is 52.3 Å². The Morgan fingerprint density at radius 1 is 0.922 bits per heavy atom. The maximum atomic E-state index is 15.2. The maximum absolute atomic E-state index is 15.2. The normalized spacial score (nSPS) is 19.2. The van der Waals surface area contributed by atoms with E-state index in [1.54, 1.807) is 49.9 Å². The number of alkyl halides is 2. The molecule has 0 saturated carbocycles. The lowest BCUT2D eigenvalue weighted by atomic mass is 9.83. The molecule has 2 saturated heterocycles. The fourth-order valence-electron chi connectivity index (χ4n) is 10.1. The van der Waals surface area contributed by atoms with Gasteiger partial charge in [-0.05, 0) is 89.2 Å². The van der Waals surface area contributed by atoms with Crippen molar-refractivity contribution in [1.29, 1.82) is 0 Å². The summed E-state index contributed by atoms with van der Waals surface area (Å²) in [6.45, 7) is 5.46. The molecule has 5 heterocycles. The van der Waals surface area contributed by atoms with E-state index in [1.807, 2.05) is 30.3 Å². The number of hydrogen-bond acceptors (Lipinski definition) is 11. The predicted molar refractivity (Wildman–Crippen MR) is 276 cm³/mol. The highest BCUT2D eigenvalue weighted by Gasteiger charge is 2.51. The van der Waals surface area contributed by atoms with Crippen molar-refractivity contribution in [3.8, 4) is 17.6 Å². The highest BCUT2D eigenvalue weighted by molar-refractivity contribution is 7.52. The molecule has 4 atom stereocenters. The summed E-state index contributed by atoms with van der Waals surface area (Å²) in [6.07, 6.45) is 1.70. The minimum Gasteiger partial charge on any atom is -0.484 e. The SMILES string of the molecule is CC(C)(C)[C@H](NC(=O)c1cc2cc(C(F)(F)P(=O)(O)O)ccc2s1)C(=O)N1Cc2cc(OCC(=O)NCC#Cc3cccc4c3C(=O)N(C3CCC(=O)NC3=O)C4=O)ccc2C[C@H]1C(=O)N1CCCC(c2ccccc2)C1. The van der Waals surface area contributed by atoms with Crippen LogP contribution in [-0.2, 0) is 47.2 Å². The summed E-state index contributed by atoms with van der Waals surface area (Å²) in [4.78, 5) is 131. The van der Waals surface area contributed by atoms with E-state index in [1.165, 1.54) is 29.2 Å². The number of hydrogen-bond donors (Lipinski definition) is 5. The lowest BCUT2D eigenvalue weighted by molar-refractivity contribution is -0.150. The molecular formula is C55H53F2N6O12PS. The number of halogens is 2. The number of carbonyl (C=O) groups is 8. The van der Waals surface area contributed by atoms with Crippen LogP contribution in [0.1, 0.15) is 111 Å². The van der Waals surface area contributed by atoms with Crippen LogP contribution in [0, 0.1) is 17.3 Å². The van der Waals surface area contributed by atoms with Gasteiger partial charge in [-0.3, -0.25) is 53.1 Å². The lowest BCUT2D eigenvalue weighted by Crippen LogP contribution is -2.61. The molecule has 4 aliphatic heterocycles. The molecule has 2 fully saturated rings. The fourth-order valence-corrected chi connectivity index (χ4v) is 11.5. The van der Waals surface area contributed by atoms with Crippen molar-refractivity contribution >= 4 is 76.3 Å². The molecule has 5 N–H and O–H groups in total. The van der Waals surface area contributed by atoms with Gasteiger partial charge in [0.25, 0.3) is 23.6 Å². The van der Waals surface area contributed by atoms with Crippen molar-refractivity contribution in [1.82, 2.24) is 30.7 Å². The van der Waals surface area contributed by atoms with Gasteiger partial charge in [-0.2, -0.15) is 8.78 Å². The number of fused-ring (bicyclic) bond motifs is 3. The van der Waals surface area contributed by atoms with E-state index in [0.29, 0.717) is 23.4 Å². The zero-order valence-electron chi connectivity index (χ0n) is 42.0. The number of piperidine rings is 2. The molecule has 0 bridgehead atoms. The summed E-state index contributed by atoms with van der Waals surface area (Å²) in [5, 5.41) is 7.77. The van der Waals surface area contributed by atoms with E-state index in [9.17, 15) is 56.7 Å². The van der Waals surface area contributed by atoms with E-state index >= 15 is 4.79 Å². The molecule has 77 heavy (non-hydrogen) atoms. The Hall–Kier alpha value is -7.63. The lowest BCUT2D eigenvalue weighted by Gasteiger charge is -2.43. The van der Waals surface area contributed by atoms with Gasteiger partial charge in [0.2, 0.25) is 23.6 Å². The number of benzene rings is 4. The number of ether oxygens (including phenoxy) is 1. The van der Waals surface area contributed by atoms with Gasteiger partial charge in [-0.25, -0.2) is 0 Å². The second-order valence-corrected chi connectivity index (χ2v) is 23.1. The van der Waals surface area contributed by atoms with Crippen molar-refractivity contribution in [2.45, 2.75) is 89.1 Å². The Balaban J connectivity index is 0.906. The number of rotatable bonds is 12. The monoisotopic (exact) mass is 1090 g/mol. The smallest absolute Gasteiger partial charge is 0.399 e. The van der Waals surface area contributed by atoms with Crippen LogP contribution in [0.2, 0.25) is 0 Å². The first-order valence-electron chi connectivity index (χ1n) is 24.8. The molecule has 0 radical (unpaired) electrons. The third-order valence-electron chi connectivity index (χ3n) is 14.2. The first-order valence-corrected chi connectivity index (χ1v) is 27.2. The van der Waals surface area contributed by atoms with E-state index in [-0.39, 0.29) is 76.9 Å². The van der Waals surface area contributed by atoms with Crippen LogP contribution < -0.4 is 20.7 Å². The largest absolute Gasteiger partial charge is 0.484 e. The molecule has 22 heteroatoms. The summed E-state index contributed by atoms with van der Waals surface area (Å²) in [5.74, 6) is 1.24. The van der Waals surface area contributed by atoms with Crippen molar-refractivity contribution in [2.75, 3.05) is 26.2 Å². The Morgan fingerprint density at radius 3 is 2.42 bits per heavy atom. The average molecular weight is 1090 g/mol. The Morgan fingerprint density at radius 2 is 1.69 bits per heavy atom. The van der Waals surface area contributed by atoms with Crippen molar-refractivity contribution in [2.24, 2.45) is 5.41 Å². The molecule has 400 valence electrons. The minimum absolute atomic E-state index is 0.00323. The zero-order valence-corrected chi connectivity index (χ0v) is 43.7. The molecule has 9 rings (SSSR count). The standard InChI is InChI=1S/C55H53F2N6O12PS/c1-54(2,3)47(60-49(67)43-27-35-24-37(17-20-42(35)77-43)55(56,57)76(72,73)74)53(71)62-29-36-25-38(18-16-33(36)26-41(62)51(69)61-23-9-14-34(28-61)31-10-5-4-6-11-31)75-30-45(65)58-22-8-13-32-12-7-15-39-46(32)52(70)63(50(39)68)40-19-21-44(64)59-48(40)66/h4-7,10-12,15-18,20,24-25,27,34,40-41,47H,9,14,19,21-23,26,28-30H2,1-3H3,(H,58,65)(H,60,67)(H,59,64,66)(H2,72,73,74)/t34?,40?,41-,47+/m0/s1. The molecule has 4 aromatic carbocycles. The molecule has 8 amide bonds. The molecule has 2 unspecified atom stereocenters. The van der Waals surface area contributed by atoms with E-state index < -0.39 is 90.3 Å². The Kier molecular flexibility index (Phi) is 15.1. The number of imide groups is 2. The summed E-state index contributed by atoms with van der Waals surface area (Å²) in [5.41, 5.74) is -3.58. The maximum Gasteiger partial charge on any atom is 0.399 e. The Bertz CT molecular complexity index is 3380. The molecular weight excluding hydrogens is 1040 g/mol. The Labute approximate surface area is 444 Å². The third kappa shape index (κ3) is 11.1. The van der Waals surface area contributed by atoms with Gasteiger partial charge >= 0.3 is 13.3 Å². The van der Waals surface area contributed by atoms with Gasteiger partial charge in [0, 0.05) is 54.2 Å². The molecule has 18 nitrogen and oxygen atoms in total. The van der Waals surface area contributed by atoms with Gasteiger partial charge in [-0.1, -0.05) is 81.1 Å². The highest BCUT2D eigenvalue weighted by atomic mass is 32.1. The van der Waals surface area contributed by atoms with E-state index in [4.69, 9.17) is 4.74 Å². The number of thiophene rings is 1. The van der Waals surface area contributed by atoms with Crippen molar-refractivity contribution < 1.29 is 66.2 Å². The predicted octanol–water partition coefficient (Wildman–Crippen LogP) is 5.58. The fraction of sp³-hybridized carbons (Fsp3) is 0.345. The second-order valence-electron chi connectivity index (χ2n) is 20.4. The number of nitrogens with zero attached hydrogens (tertiary/aromatic N) is 3. The number of nitrogens with one attached hydrogen (secondary N) is 3. The van der Waals surface area contributed by atoms with Crippen LogP contribution in [-0.4, -0.2) is 116 Å².